The SMILES string of the molecule is COc1ccc2c(c1)-c1csc(N3C(=O)c4ccccc4C3=O)c1C2=O. The Morgan fingerprint density at radius 2 is 1.54 bits per heavy atom. The van der Waals surface area contributed by atoms with Gasteiger partial charge in [0.05, 0.1) is 23.8 Å². The Balaban J connectivity index is 1.67. The molecule has 5 rings (SSSR count). The monoisotopic (exact) mass is 361 g/mol. The minimum Gasteiger partial charge on any atom is -0.497 e. The molecule has 0 unspecified atom stereocenters. The minimum atomic E-state index is -0.392. The summed E-state index contributed by atoms with van der Waals surface area (Å²) in [6.45, 7) is 0. The molecule has 1 aliphatic carbocycles. The van der Waals surface area contributed by atoms with E-state index in [1.807, 2.05) is 5.38 Å². The van der Waals surface area contributed by atoms with Crippen molar-refractivity contribution in [3.8, 4) is 16.9 Å². The predicted octanol–water partition coefficient (Wildman–Crippen LogP) is 3.77. The molecule has 3 aromatic rings. The number of benzene rings is 2. The Labute approximate surface area is 152 Å². The molecule has 0 radical (unpaired) electrons. The van der Waals surface area contributed by atoms with Gasteiger partial charge in [0.2, 0.25) is 0 Å². The molecule has 5 nitrogen and oxygen atoms in total. The van der Waals surface area contributed by atoms with Crippen molar-refractivity contribution in [1.82, 2.24) is 0 Å². The van der Waals surface area contributed by atoms with E-state index in [0.717, 1.165) is 16.0 Å². The van der Waals surface area contributed by atoms with E-state index in [2.05, 4.69) is 0 Å². The highest BCUT2D eigenvalue weighted by molar-refractivity contribution is 7.15. The summed E-state index contributed by atoms with van der Waals surface area (Å²) in [5, 5.41) is 2.20. The number of nitrogens with zero attached hydrogens (tertiary/aromatic N) is 1. The van der Waals surface area contributed by atoms with E-state index in [0.29, 0.717) is 33.0 Å². The number of carbonyl (C=O) groups is 3. The number of methoxy groups -OCH3 is 1. The molecule has 0 N–H and O–H groups in total. The molecule has 1 aromatic heterocycles. The summed E-state index contributed by atoms with van der Waals surface area (Å²) in [5.74, 6) is -0.309. The van der Waals surface area contributed by atoms with Gasteiger partial charge in [0.1, 0.15) is 10.8 Å². The van der Waals surface area contributed by atoms with Crippen molar-refractivity contribution in [2.75, 3.05) is 12.0 Å². The van der Waals surface area contributed by atoms with E-state index in [1.165, 1.54) is 11.3 Å². The molecule has 0 bridgehead atoms. The number of imide groups is 1. The second-order valence-electron chi connectivity index (χ2n) is 6.06. The molecule has 26 heavy (non-hydrogen) atoms. The number of amides is 2. The highest BCUT2D eigenvalue weighted by Gasteiger charge is 2.42. The molecule has 6 heteroatoms. The Morgan fingerprint density at radius 1 is 0.846 bits per heavy atom. The number of rotatable bonds is 2. The predicted molar refractivity (Wildman–Crippen MR) is 97.3 cm³/mol. The Hall–Kier alpha value is -3.25. The third-order valence-corrected chi connectivity index (χ3v) is 5.72. The molecule has 0 atom stereocenters. The van der Waals surface area contributed by atoms with Crippen molar-refractivity contribution in [2.45, 2.75) is 0 Å². The molecule has 2 amide bonds. The lowest BCUT2D eigenvalue weighted by atomic mass is 10.1. The summed E-state index contributed by atoms with van der Waals surface area (Å²) in [5.41, 5.74) is 3.20. The van der Waals surface area contributed by atoms with Crippen LogP contribution in [-0.2, 0) is 0 Å². The average molecular weight is 361 g/mol. The van der Waals surface area contributed by atoms with Crippen LogP contribution in [0.15, 0.2) is 47.8 Å². The van der Waals surface area contributed by atoms with Crippen molar-refractivity contribution in [3.63, 3.8) is 0 Å². The van der Waals surface area contributed by atoms with Gasteiger partial charge in [0.25, 0.3) is 11.8 Å². The summed E-state index contributed by atoms with van der Waals surface area (Å²) in [7, 11) is 1.57. The van der Waals surface area contributed by atoms with Crippen molar-refractivity contribution < 1.29 is 19.1 Å². The number of ether oxygens (including phenoxy) is 1. The summed E-state index contributed by atoms with van der Waals surface area (Å²) >= 11 is 1.23. The van der Waals surface area contributed by atoms with Gasteiger partial charge in [-0.1, -0.05) is 12.1 Å². The van der Waals surface area contributed by atoms with E-state index >= 15 is 0 Å². The zero-order valence-corrected chi connectivity index (χ0v) is 14.4. The minimum absolute atomic E-state index is 0.176. The molecule has 126 valence electrons. The lowest BCUT2D eigenvalue weighted by Gasteiger charge is -2.12. The first-order chi connectivity index (χ1) is 12.6. The van der Waals surface area contributed by atoms with E-state index in [1.54, 1.807) is 49.6 Å². The number of anilines is 1. The molecule has 1 aliphatic heterocycles. The van der Waals surface area contributed by atoms with E-state index in [9.17, 15) is 14.4 Å². The molecular weight excluding hydrogens is 350 g/mol. The van der Waals surface area contributed by atoms with Crippen LogP contribution in [0.3, 0.4) is 0 Å². The summed E-state index contributed by atoms with van der Waals surface area (Å²) in [6, 6.07) is 12.0. The third-order valence-electron chi connectivity index (χ3n) is 4.76. The first-order valence-corrected chi connectivity index (χ1v) is 8.82. The fraction of sp³-hybridized carbons (Fsp3) is 0.0500. The molecular formula is C20H11NO4S. The topological polar surface area (TPSA) is 63.7 Å². The first-order valence-electron chi connectivity index (χ1n) is 7.94. The second-order valence-corrected chi connectivity index (χ2v) is 6.92. The van der Waals surface area contributed by atoms with Crippen molar-refractivity contribution in [3.05, 3.63) is 70.1 Å². The van der Waals surface area contributed by atoms with Crippen LogP contribution < -0.4 is 9.64 Å². The normalized spacial score (nSPS) is 14.5. The van der Waals surface area contributed by atoms with Crippen LogP contribution >= 0.6 is 11.3 Å². The largest absolute Gasteiger partial charge is 0.497 e. The standard InChI is InChI=1S/C20H11NO4S/c1-25-10-6-7-11-14(8-10)15-9-26-20(16(15)17(11)22)21-18(23)12-4-2-3-5-13(12)19(21)24/h2-9H,1H3. The summed E-state index contributed by atoms with van der Waals surface area (Å²) in [4.78, 5) is 39.6. The highest BCUT2D eigenvalue weighted by atomic mass is 32.1. The van der Waals surface area contributed by atoms with E-state index < -0.39 is 11.8 Å². The van der Waals surface area contributed by atoms with Crippen LogP contribution in [-0.4, -0.2) is 24.7 Å². The third kappa shape index (κ3) is 1.76. The van der Waals surface area contributed by atoms with Crippen LogP contribution in [0.5, 0.6) is 5.75 Å². The van der Waals surface area contributed by atoms with Gasteiger partial charge in [-0.15, -0.1) is 11.3 Å². The number of ketones is 1. The fourth-order valence-electron chi connectivity index (χ4n) is 3.51. The van der Waals surface area contributed by atoms with Gasteiger partial charge in [-0.25, -0.2) is 4.90 Å². The molecule has 0 fully saturated rings. The Morgan fingerprint density at radius 3 is 2.19 bits per heavy atom. The van der Waals surface area contributed by atoms with Gasteiger partial charge in [-0.05, 0) is 35.9 Å². The number of carbonyl (C=O) groups excluding carboxylic acids is 3. The van der Waals surface area contributed by atoms with Crippen LogP contribution in [0.4, 0.5) is 5.00 Å². The van der Waals surface area contributed by atoms with Crippen molar-refractivity contribution >= 4 is 33.9 Å². The van der Waals surface area contributed by atoms with Gasteiger partial charge in [0, 0.05) is 16.5 Å². The quantitative estimate of drug-likeness (QED) is 0.510. The maximum Gasteiger partial charge on any atom is 0.266 e. The molecule has 0 saturated carbocycles. The number of hydrogen-bond donors (Lipinski definition) is 0. The van der Waals surface area contributed by atoms with Gasteiger partial charge in [-0.3, -0.25) is 14.4 Å². The van der Waals surface area contributed by atoms with Crippen LogP contribution in [0.1, 0.15) is 36.6 Å². The second kappa shape index (κ2) is 5.12. The zero-order chi connectivity index (χ0) is 18.0. The first kappa shape index (κ1) is 15.0. The van der Waals surface area contributed by atoms with E-state index in [-0.39, 0.29) is 5.78 Å². The number of fused-ring (bicyclic) bond motifs is 4. The van der Waals surface area contributed by atoms with Crippen molar-refractivity contribution in [2.24, 2.45) is 0 Å². The summed E-state index contributed by atoms with van der Waals surface area (Å²) in [6.07, 6.45) is 0. The average Bonchev–Trinajstić information content (AvgIpc) is 3.29. The molecule has 2 aliphatic rings. The van der Waals surface area contributed by atoms with Gasteiger partial charge < -0.3 is 4.74 Å². The Bertz CT molecular complexity index is 1110. The molecule has 2 aromatic carbocycles. The fourth-order valence-corrected chi connectivity index (χ4v) is 4.58. The summed E-state index contributed by atoms with van der Waals surface area (Å²) < 4.78 is 5.25. The van der Waals surface area contributed by atoms with E-state index in [4.69, 9.17) is 4.74 Å². The Kier molecular flexibility index (Phi) is 2.96. The molecule has 0 spiro atoms. The maximum absolute atomic E-state index is 12.9. The van der Waals surface area contributed by atoms with Gasteiger partial charge in [-0.2, -0.15) is 0 Å². The zero-order valence-electron chi connectivity index (χ0n) is 13.6. The number of thiophene rings is 1. The maximum atomic E-state index is 12.9. The van der Waals surface area contributed by atoms with Gasteiger partial charge in [0.15, 0.2) is 5.78 Å². The van der Waals surface area contributed by atoms with Crippen LogP contribution in [0.25, 0.3) is 11.1 Å². The lowest BCUT2D eigenvalue weighted by Crippen LogP contribution is -2.29. The van der Waals surface area contributed by atoms with Crippen LogP contribution in [0.2, 0.25) is 0 Å². The van der Waals surface area contributed by atoms with Crippen LogP contribution in [0, 0.1) is 0 Å². The molecule has 2 heterocycles. The molecule has 0 saturated heterocycles. The smallest absolute Gasteiger partial charge is 0.266 e. The lowest BCUT2D eigenvalue weighted by molar-refractivity contribution is 0.0927. The van der Waals surface area contributed by atoms with Crippen molar-refractivity contribution in [1.29, 1.82) is 0 Å². The van der Waals surface area contributed by atoms with Gasteiger partial charge >= 0.3 is 0 Å². The number of hydrogen-bond acceptors (Lipinski definition) is 5. The highest BCUT2D eigenvalue weighted by Crippen LogP contribution is 2.48.